The number of aromatic hydroxyl groups is 1. The molecular formula is C77H97F5N2O3. The van der Waals surface area contributed by atoms with Gasteiger partial charge in [0.05, 0.1) is 25.3 Å². The maximum absolute atomic E-state index is 12.5. The van der Waals surface area contributed by atoms with E-state index in [4.69, 9.17) is 14.6 Å². The molecule has 0 unspecified atom stereocenters. The van der Waals surface area contributed by atoms with Crippen LogP contribution >= 0.6 is 0 Å². The summed E-state index contributed by atoms with van der Waals surface area (Å²) in [6, 6.07) is 57.0. The van der Waals surface area contributed by atoms with Crippen LogP contribution in [0.15, 0.2) is 207 Å². The van der Waals surface area contributed by atoms with Crippen molar-refractivity contribution in [3.8, 4) is 17.2 Å². The Morgan fingerprint density at radius 3 is 1.22 bits per heavy atom. The summed E-state index contributed by atoms with van der Waals surface area (Å²) >= 11 is 0. The SMILES string of the molecule is CC(C)c1ccc(F)cc1.CC(C)c1cccc(C(F)(F)F)c1.CC(C)c1cccc(F)c1.CC(C)c1cccc(O)c1.CC(C)c1cccnc1.CC(C)c1cnc2ccccc2c1.COc1ccc(C(C)C)cc1.COc1cccc(C(C)C)c1. The molecule has 7 aromatic carbocycles. The molecule has 0 radical (unpaired) electrons. The number of phenolic OH excluding ortho intramolecular Hbond substituents is 1. The topological polar surface area (TPSA) is 64.5 Å². The van der Waals surface area contributed by atoms with Gasteiger partial charge in [-0.3, -0.25) is 9.97 Å². The smallest absolute Gasteiger partial charge is 0.416 e. The molecule has 2 aromatic heterocycles. The van der Waals surface area contributed by atoms with Crippen molar-refractivity contribution in [2.24, 2.45) is 0 Å². The third-order valence-corrected chi connectivity index (χ3v) is 13.6. The number of rotatable bonds is 10. The van der Waals surface area contributed by atoms with Crippen LogP contribution in [0.3, 0.4) is 0 Å². The quantitative estimate of drug-likeness (QED) is 0.138. The zero-order valence-corrected chi connectivity index (χ0v) is 54.8. The fourth-order valence-corrected chi connectivity index (χ4v) is 7.78. The molecular weight excluding hydrogens is 1100 g/mol. The van der Waals surface area contributed by atoms with Crippen molar-refractivity contribution < 1.29 is 36.5 Å². The van der Waals surface area contributed by atoms with Gasteiger partial charge < -0.3 is 14.6 Å². The molecule has 468 valence electrons. The zero-order valence-electron chi connectivity index (χ0n) is 54.8. The maximum Gasteiger partial charge on any atom is 0.416 e. The Hall–Kier alpha value is -7.85. The van der Waals surface area contributed by atoms with Gasteiger partial charge in [0, 0.05) is 24.0 Å². The highest BCUT2D eigenvalue weighted by Crippen LogP contribution is 2.31. The second kappa shape index (κ2) is 39.8. The molecule has 0 saturated carbocycles. The zero-order chi connectivity index (χ0) is 65.2. The molecule has 5 nitrogen and oxygen atoms in total. The molecule has 0 fully saturated rings. The molecule has 0 aliphatic rings. The molecule has 9 rings (SSSR count). The molecule has 1 N–H and O–H groups in total. The number of pyridine rings is 2. The van der Waals surface area contributed by atoms with Crippen molar-refractivity contribution in [3.63, 3.8) is 0 Å². The van der Waals surface area contributed by atoms with Crippen molar-refractivity contribution in [2.45, 2.75) is 164 Å². The number of alkyl halides is 3. The van der Waals surface area contributed by atoms with Crippen LogP contribution in [0.4, 0.5) is 22.0 Å². The number of hydrogen-bond acceptors (Lipinski definition) is 5. The molecule has 9 aromatic rings. The number of hydrogen-bond donors (Lipinski definition) is 1. The monoisotopic (exact) mass is 1190 g/mol. The van der Waals surface area contributed by atoms with E-state index in [0.717, 1.165) is 34.2 Å². The Kier molecular flexibility index (Phi) is 34.4. The van der Waals surface area contributed by atoms with Crippen molar-refractivity contribution in [2.75, 3.05) is 14.2 Å². The minimum atomic E-state index is -4.23. The lowest BCUT2D eigenvalue weighted by Crippen LogP contribution is -2.05. The first-order valence-electron chi connectivity index (χ1n) is 30.1. The van der Waals surface area contributed by atoms with Gasteiger partial charge in [-0.25, -0.2) is 8.78 Å². The lowest BCUT2D eigenvalue weighted by atomic mass is 10.0. The number of phenols is 1. The van der Waals surface area contributed by atoms with Crippen molar-refractivity contribution in [1.82, 2.24) is 9.97 Å². The summed E-state index contributed by atoms with van der Waals surface area (Å²) in [6.45, 7) is 33.7. The van der Waals surface area contributed by atoms with Crippen molar-refractivity contribution >= 4 is 10.9 Å². The third kappa shape index (κ3) is 30.4. The molecule has 87 heavy (non-hydrogen) atoms. The van der Waals surface area contributed by atoms with Gasteiger partial charge in [0.1, 0.15) is 28.9 Å². The average Bonchev–Trinajstić information content (AvgIpc) is 3.48. The number of nitrogens with zero attached hydrogens (tertiary/aromatic N) is 2. The molecule has 0 atom stereocenters. The van der Waals surface area contributed by atoms with E-state index in [-0.39, 0.29) is 17.6 Å². The number of methoxy groups -OCH3 is 2. The Morgan fingerprint density at radius 1 is 0.356 bits per heavy atom. The highest BCUT2D eigenvalue weighted by atomic mass is 19.4. The van der Waals surface area contributed by atoms with E-state index in [1.807, 2.05) is 105 Å². The van der Waals surface area contributed by atoms with Crippen molar-refractivity contribution in [3.05, 3.63) is 268 Å². The van der Waals surface area contributed by atoms with E-state index < -0.39 is 11.7 Å². The van der Waals surface area contributed by atoms with Crippen LogP contribution in [-0.2, 0) is 6.18 Å². The number of ether oxygens (including phenoxy) is 2. The number of benzene rings is 7. The maximum atomic E-state index is 12.5. The van der Waals surface area contributed by atoms with E-state index in [9.17, 15) is 22.0 Å². The highest BCUT2D eigenvalue weighted by molar-refractivity contribution is 5.78. The van der Waals surface area contributed by atoms with Crippen LogP contribution in [0.25, 0.3) is 10.9 Å². The van der Waals surface area contributed by atoms with Gasteiger partial charge >= 0.3 is 6.18 Å². The normalized spacial score (nSPS) is 10.7. The van der Waals surface area contributed by atoms with Crippen LogP contribution < -0.4 is 9.47 Å². The van der Waals surface area contributed by atoms with Gasteiger partial charge in [-0.1, -0.05) is 214 Å². The summed E-state index contributed by atoms with van der Waals surface area (Å²) in [5.74, 6) is 5.75. The molecule has 0 aliphatic carbocycles. The average molecular weight is 1190 g/mol. The summed E-state index contributed by atoms with van der Waals surface area (Å²) in [7, 11) is 3.38. The number of fused-ring (bicyclic) bond motifs is 1. The van der Waals surface area contributed by atoms with Crippen molar-refractivity contribution in [1.29, 1.82) is 0 Å². The van der Waals surface area contributed by atoms with Gasteiger partial charge in [0.25, 0.3) is 0 Å². The summed E-state index contributed by atoms with van der Waals surface area (Å²) in [5.41, 5.74) is 9.92. The fourth-order valence-electron chi connectivity index (χ4n) is 7.78. The van der Waals surface area contributed by atoms with Crippen LogP contribution in [0.5, 0.6) is 17.2 Å². The van der Waals surface area contributed by atoms with Gasteiger partial charge in [-0.05, 0) is 177 Å². The second-order valence-electron chi connectivity index (χ2n) is 23.4. The van der Waals surface area contributed by atoms with E-state index in [2.05, 4.69) is 149 Å². The number of aromatic nitrogens is 2. The minimum absolute atomic E-state index is 0.127. The van der Waals surface area contributed by atoms with E-state index in [1.165, 1.54) is 69.1 Å². The summed E-state index contributed by atoms with van der Waals surface area (Å²) < 4.78 is 71.7. The lowest BCUT2D eigenvalue weighted by molar-refractivity contribution is -0.137. The fraction of sp³-hybridized carbons (Fsp3) is 0.351. The summed E-state index contributed by atoms with van der Waals surface area (Å²) in [6.07, 6.45) is 1.44. The Bertz CT molecular complexity index is 3210. The lowest BCUT2D eigenvalue weighted by Gasteiger charge is -2.10. The van der Waals surface area contributed by atoms with E-state index >= 15 is 0 Å². The first-order chi connectivity index (χ1) is 41.1. The predicted octanol–water partition coefficient (Wildman–Crippen LogP) is 23.4. The van der Waals surface area contributed by atoms with Gasteiger partial charge in [-0.15, -0.1) is 0 Å². The minimum Gasteiger partial charge on any atom is -0.508 e. The van der Waals surface area contributed by atoms with Crippen LogP contribution in [0.2, 0.25) is 0 Å². The first-order valence-corrected chi connectivity index (χ1v) is 30.1. The van der Waals surface area contributed by atoms with E-state index in [1.54, 1.807) is 50.7 Å². The Labute approximate surface area is 519 Å². The summed E-state index contributed by atoms with van der Waals surface area (Å²) in [4.78, 5) is 8.41. The molecule has 0 aliphatic heterocycles. The van der Waals surface area contributed by atoms with Crippen LogP contribution in [0.1, 0.15) is 208 Å². The largest absolute Gasteiger partial charge is 0.508 e. The second-order valence-corrected chi connectivity index (χ2v) is 23.4. The molecule has 0 saturated heterocycles. The number of halogens is 5. The molecule has 0 spiro atoms. The first kappa shape index (κ1) is 75.2. The molecule has 0 bridgehead atoms. The van der Waals surface area contributed by atoms with E-state index in [0.29, 0.717) is 47.2 Å². The summed E-state index contributed by atoms with van der Waals surface area (Å²) in [5, 5.41) is 10.3. The highest BCUT2D eigenvalue weighted by Gasteiger charge is 2.30. The van der Waals surface area contributed by atoms with Gasteiger partial charge in [0.2, 0.25) is 0 Å². The third-order valence-electron chi connectivity index (χ3n) is 13.6. The number of para-hydroxylation sites is 1. The molecule has 10 heteroatoms. The van der Waals surface area contributed by atoms with Gasteiger partial charge in [0.15, 0.2) is 0 Å². The van der Waals surface area contributed by atoms with Crippen LogP contribution in [-0.4, -0.2) is 29.3 Å². The van der Waals surface area contributed by atoms with Crippen LogP contribution in [0, 0.1) is 11.6 Å². The standard InChI is InChI=1S/C12H13N.C10H11F3.2C10H14O.2C9H11F.C9H12O.C8H11N/c1-9(2)11-7-10-5-3-4-6-12(10)13-8-11;1-7(2)8-4-3-5-9(6-8)10(11,12)13;1-8(2)9-4-6-10(11-3)7-5-9;1-8(2)9-5-4-6-10(7-9)11-3;1-7(2)8-3-5-9(10)6-4-8;2*1-7(2)8-4-3-5-9(10)6-8;1-7(2)8-4-3-5-9-6-8/h3-9H,1-2H3;3-7H,1-2H3;2*4-8H,1-3H3;2*3-7H,1-2H3;3-7,10H,1-2H3;3-7H,1-2H3. The predicted molar refractivity (Wildman–Crippen MR) is 357 cm³/mol. The van der Waals surface area contributed by atoms with Gasteiger partial charge in [-0.2, -0.15) is 13.2 Å². The Morgan fingerprint density at radius 2 is 0.793 bits per heavy atom. The molecule has 0 amide bonds. The Balaban J connectivity index is 0.000000340. The molecule has 2 heterocycles.